The average molecular weight is 257 g/mol. The highest BCUT2D eigenvalue weighted by Crippen LogP contribution is 2.20. The van der Waals surface area contributed by atoms with Crippen LogP contribution in [-0.2, 0) is 7.05 Å². The molecule has 0 spiro atoms. The van der Waals surface area contributed by atoms with Gasteiger partial charge in [0.15, 0.2) is 0 Å². The summed E-state index contributed by atoms with van der Waals surface area (Å²) in [4.78, 5) is 21.0. The second-order valence-electron chi connectivity index (χ2n) is 4.60. The maximum absolute atomic E-state index is 11.2. The number of imidazole rings is 2. The Labute approximate surface area is 109 Å². The third kappa shape index (κ3) is 2.12. The van der Waals surface area contributed by atoms with Crippen LogP contribution in [0.2, 0.25) is 0 Å². The molecule has 6 nitrogen and oxygen atoms in total. The van der Waals surface area contributed by atoms with E-state index in [1.54, 1.807) is 6.20 Å². The molecule has 0 amide bonds. The van der Waals surface area contributed by atoms with Crippen molar-refractivity contribution in [1.82, 2.24) is 19.5 Å². The number of aryl methyl sites for hydroxylation is 1. The molecular weight excluding hydrogens is 242 g/mol. The van der Waals surface area contributed by atoms with Gasteiger partial charge in [0.25, 0.3) is 0 Å². The zero-order valence-corrected chi connectivity index (χ0v) is 10.8. The molecule has 0 bridgehead atoms. The molecule has 1 aromatic carbocycles. The molecule has 2 heterocycles. The molecule has 1 atom stereocenters. The number of rotatable bonds is 3. The summed E-state index contributed by atoms with van der Waals surface area (Å²) in [5.74, 6) is 0.961. The van der Waals surface area contributed by atoms with Crippen LogP contribution < -0.4 is 11.0 Å². The lowest BCUT2D eigenvalue weighted by Crippen LogP contribution is -2.11. The molecule has 98 valence electrons. The molecule has 2 aromatic heterocycles. The Morgan fingerprint density at radius 1 is 1.32 bits per heavy atom. The van der Waals surface area contributed by atoms with Gasteiger partial charge in [-0.1, -0.05) is 0 Å². The van der Waals surface area contributed by atoms with Gasteiger partial charge in [0.2, 0.25) is 0 Å². The number of benzene rings is 1. The Kier molecular flexibility index (Phi) is 2.63. The number of nitrogens with one attached hydrogen (secondary N) is 3. The number of hydrogen-bond donors (Lipinski definition) is 3. The zero-order valence-electron chi connectivity index (χ0n) is 10.8. The van der Waals surface area contributed by atoms with Gasteiger partial charge in [-0.05, 0) is 25.1 Å². The van der Waals surface area contributed by atoms with Crippen molar-refractivity contribution in [2.75, 3.05) is 5.32 Å². The first-order valence-corrected chi connectivity index (χ1v) is 6.09. The topological polar surface area (TPSA) is 78.5 Å². The third-order valence-corrected chi connectivity index (χ3v) is 3.14. The summed E-state index contributed by atoms with van der Waals surface area (Å²) >= 11 is 0. The van der Waals surface area contributed by atoms with Gasteiger partial charge < -0.3 is 19.9 Å². The molecule has 0 aliphatic carbocycles. The Morgan fingerprint density at radius 3 is 2.84 bits per heavy atom. The SMILES string of the molecule is CC(Nc1ccc2[nH]c(=O)[nH]c2c1)c1nccn1C. The van der Waals surface area contributed by atoms with Crippen molar-refractivity contribution in [3.05, 3.63) is 46.9 Å². The van der Waals surface area contributed by atoms with Gasteiger partial charge in [0.1, 0.15) is 5.82 Å². The summed E-state index contributed by atoms with van der Waals surface area (Å²) in [5.41, 5.74) is 2.35. The number of hydrogen-bond acceptors (Lipinski definition) is 3. The van der Waals surface area contributed by atoms with E-state index in [4.69, 9.17) is 0 Å². The fourth-order valence-corrected chi connectivity index (χ4v) is 2.23. The van der Waals surface area contributed by atoms with E-state index in [1.807, 2.05) is 42.9 Å². The molecule has 3 aromatic rings. The van der Waals surface area contributed by atoms with Crippen LogP contribution in [0.3, 0.4) is 0 Å². The summed E-state index contributed by atoms with van der Waals surface area (Å²) < 4.78 is 1.98. The molecule has 6 heteroatoms. The number of H-pyrrole nitrogens is 2. The molecule has 0 aliphatic rings. The van der Waals surface area contributed by atoms with E-state index in [1.165, 1.54) is 0 Å². The van der Waals surface area contributed by atoms with E-state index < -0.39 is 0 Å². The summed E-state index contributed by atoms with van der Waals surface area (Å²) in [6.45, 7) is 2.05. The molecule has 3 N–H and O–H groups in total. The summed E-state index contributed by atoms with van der Waals surface area (Å²) in [7, 11) is 1.97. The first-order chi connectivity index (χ1) is 9.13. The van der Waals surface area contributed by atoms with Crippen LogP contribution in [-0.4, -0.2) is 19.5 Å². The van der Waals surface area contributed by atoms with Crippen molar-refractivity contribution in [2.24, 2.45) is 7.05 Å². The smallest absolute Gasteiger partial charge is 0.323 e. The van der Waals surface area contributed by atoms with Crippen molar-refractivity contribution in [1.29, 1.82) is 0 Å². The Hall–Kier alpha value is -2.50. The molecule has 1 unspecified atom stereocenters. The number of anilines is 1. The lowest BCUT2D eigenvalue weighted by Gasteiger charge is -2.15. The molecule has 0 saturated heterocycles. The van der Waals surface area contributed by atoms with Gasteiger partial charge in [-0.25, -0.2) is 9.78 Å². The quantitative estimate of drug-likeness (QED) is 0.669. The van der Waals surface area contributed by atoms with Crippen molar-refractivity contribution in [3.8, 4) is 0 Å². The van der Waals surface area contributed by atoms with E-state index >= 15 is 0 Å². The number of nitrogens with zero attached hydrogens (tertiary/aromatic N) is 2. The first kappa shape index (κ1) is 11.6. The molecule has 19 heavy (non-hydrogen) atoms. The second kappa shape index (κ2) is 4.31. The molecule has 0 radical (unpaired) electrons. The minimum absolute atomic E-state index is 0.0862. The van der Waals surface area contributed by atoms with Crippen LogP contribution in [0.4, 0.5) is 5.69 Å². The fraction of sp³-hybridized carbons (Fsp3) is 0.231. The van der Waals surface area contributed by atoms with E-state index in [0.717, 1.165) is 22.5 Å². The third-order valence-electron chi connectivity index (χ3n) is 3.14. The highest BCUT2D eigenvalue weighted by Gasteiger charge is 2.10. The lowest BCUT2D eigenvalue weighted by atomic mass is 10.2. The van der Waals surface area contributed by atoms with Gasteiger partial charge in [0.05, 0.1) is 17.1 Å². The maximum Gasteiger partial charge on any atom is 0.323 e. The lowest BCUT2D eigenvalue weighted by molar-refractivity contribution is 0.722. The Balaban J connectivity index is 1.88. The van der Waals surface area contributed by atoms with Crippen molar-refractivity contribution < 1.29 is 0 Å². The zero-order chi connectivity index (χ0) is 13.4. The minimum atomic E-state index is -0.190. The number of aromatic nitrogens is 4. The van der Waals surface area contributed by atoms with Crippen LogP contribution >= 0.6 is 0 Å². The van der Waals surface area contributed by atoms with Crippen LogP contribution in [0.1, 0.15) is 18.8 Å². The van der Waals surface area contributed by atoms with Crippen molar-refractivity contribution in [3.63, 3.8) is 0 Å². The summed E-state index contributed by atoms with van der Waals surface area (Å²) in [6, 6.07) is 5.81. The summed E-state index contributed by atoms with van der Waals surface area (Å²) in [6.07, 6.45) is 3.70. The first-order valence-electron chi connectivity index (χ1n) is 6.09. The molecular formula is C13H15N5O. The van der Waals surface area contributed by atoms with E-state index in [9.17, 15) is 4.79 Å². The molecule has 3 rings (SSSR count). The Bertz CT molecular complexity index is 767. The number of aromatic amines is 2. The second-order valence-corrected chi connectivity index (χ2v) is 4.60. The van der Waals surface area contributed by atoms with Crippen LogP contribution in [0, 0.1) is 0 Å². The van der Waals surface area contributed by atoms with Gasteiger partial charge in [0, 0.05) is 25.1 Å². The largest absolute Gasteiger partial charge is 0.375 e. The minimum Gasteiger partial charge on any atom is -0.375 e. The van der Waals surface area contributed by atoms with Crippen molar-refractivity contribution in [2.45, 2.75) is 13.0 Å². The van der Waals surface area contributed by atoms with Crippen LogP contribution in [0.5, 0.6) is 0 Å². The predicted molar refractivity (Wildman–Crippen MR) is 74.2 cm³/mol. The van der Waals surface area contributed by atoms with Gasteiger partial charge in [-0.2, -0.15) is 0 Å². The van der Waals surface area contributed by atoms with Gasteiger partial charge >= 0.3 is 5.69 Å². The average Bonchev–Trinajstić information content (AvgIpc) is 2.93. The normalized spacial score (nSPS) is 12.7. The van der Waals surface area contributed by atoms with E-state index in [2.05, 4.69) is 20.3 Å². The standard InChI is InChI=1S/C13H15N5O/c1-8(12-14-5-6-18(12)2)15-9-3-4-10-11(7-9)17-13(19)16-10/h3-8,15H,1-2H3,(H2,16,17,19). The molecule has 0 saturated carbocycles. The van der Waals surface area contributed by atoms with Gasteiger partial charge in [-0.15, -0.1) is 0 Å². The van der Waals surface area contributed by atoms with E-state index in [-0.39, 0.29) is 11.7 Å². The highest BCUT2D eigenvalue weighted by molar-refractivity contribution is 5.78. The fourth-order valence-electron chi connectivity index (χ4n) is 2.23. The van der Waals surface area contributed by atoms with Gasteiger partial charge in [-0.3, -0.25) is 0 Å². The van der Waals surface area contributed by atoms with Crippen LogP contribution in [0.25, 0.3) is 11.0 Å². The van der Waals surface area contributed by atoms with Crippen LogP contribution in [0.15, 0.2) is 35.4 Å². The highest BCUT2D eigenvalue weighted by atomic mass is 16.1. The Morgan fingerprint density at radius 2 is 2.11 bits per heavy atom. The molecule has 0 fully saturated rings. The monoisotopic (exact) mass is 257 g/mol. The predicted octanol–water partition coefficient (Wildman–Crippen LogP) is 1.76. The number of fused-ring (bicyclic) bond motifs is 1. The maximum atomic E-state index is 11.2. The van der Waals surface area contributed by atoms with E-state index in [0.29, 0.717) is 0 Å². The molecule has 0 aliphatic heterocycles. The summed E-state index contributed by atoms with van der Waals surface area (Å²) in [5, 5.41) is 3.37. The van der Waals surface area contributed by atoms with Crippen molar-refractivity contribution >= 4 is 16.7 Å².